The van der Waals surface area contributed by atoms with E-state index in [-0.39, 0.29) is 0 Å². The molecule has 0 N–H and O–H groups in total. The summed E-state index contributed by atoms with van der Waals surface area (Å²) in [5.74, 6) is 2.82. The summed E-state index contributed by atoms with van der Waals surface area (Å²) in [6, 6.07) is 0. The van der Waals surface area contributed by atoms with E-state index in [2.05, 4.69) is 33.4 Å². The van der Waals surface area contributed by atoms with E-state index in [0.29, 0.717) is 0 Å². The summed E-state index contributed by atoms with van der Waals surface area (Å²) in [6.07, 6.45) is 11.6. The molecule has 3 aliphatic heterocycles. The average Bonchev–Trinajstić information content (AvgIpc) is 2.74. The topological polar surface area (TPSA) is 0 Å². The maximum atomic E-state index is 4.15. The molecule has 3 fully saturated rings. The predicted octanol–water partition coefficient (Wildman–Crippen LogP) is 4.81. The van der Waals surface area contributed by atoms with Crippen LogP contribution in [-0.4, -0.2) is 23.1 Å². The van der Waals surface area contributed by atoms with E-state index >= 15 is 0 Å². The van der Waals surface area contributed by atoms with E-state index in [0.717, 1.165) is 28.6 Å². The molecule has 0 aromatic heterocycles. The quantitative estimate of drug-likeness (QED) is 0.499. The molecule has 3 heterocycles. The Labute approximate surface area is 108 Å². The van der Waals surface area contributed by atoms with E-state index in [1.54, 1.807) is 25.2 Å². The lowest BCUT2D eigenvalue weighted by Gasteiger charge is -2.38. The van der Waals surface area contributed by atoms with Gasteiger partial charge in [-0.1, -0.05) is 26.8 Å². The first-order chi connectivity index (χ1) is 8.11. The van der Waals surface area contributed by atoms with Crippen LogP contribution in [-0.2, 0) is 0 Å². The Kier molecular flexibility index (Phi) is 2.75. The summed E-state index contributed by atoms with van der Waals surface area (Å²) in [6.45, 7) is 11.6. The first-order valence-electron chi connectivity index (χ1n) is 7.60. The Morgan fingerprint density at radius 2 is 2.24 bits per heavy atom. The molecule has 0 aliphatic carbocycles. The van der Waals surface area contributed by atoms with Crippen molar-refractivity contribution < 1.29 is 0 Å². The van der Waals surface area contributed by atoms with Gasteiger partial charge in [0.15, 0.2) is 0 Å². The Morgan fingerprint density at radius 3 is 2.88 bits per heavy atom. The molecule has 0 aromatic rings. The summed E-state index contributed by atoms with van der Waals surface area (Å²) < 4.78 is 0. The number of rotatable bonds is 3. The van der Waals surface area contributed by atoms with Crippen molar-refractivity contribution >= 4 is 7.26 Å². The van der Waals surface area contributed by atoms with Crippen LogP contribution in [0, 0.1) is 17.8 Å². The van der Waals surface area contributed by atoms with Crippen LogP contribution in [0.1, 0.15) is 46.5 Å². The van der Waals surface area contributed by atoms with Gasteiger partial charge in [-0.3, -0.25) is 0 Å². The zero-order chi connectivity index (χ0) is 12.3. The van der Waals surface area contributed by atoms with Crippen molar-refractivity contribution in [1.82, 2.24) is 0 Å². The monoisotopic (exact) mass is 251 g/mol. The highest BCUT2D eigenvalue weighted by molar-refractivity contribution is 7.85. The van der Waals surface area contributed by atoms with Crippen LogP contribution in [0.3, 0.4) is 0 Å². The van der Waals surface area contributed by atoms with Gasteiger partial charge in [-0.05, 0) is 37.5 Å². The maximum Gasteiger partial charge on any atom is 0.120 e. The van der Waals surface area contributed by atoms with Crippen LogP contribution in [0.2, 0.25) is 0 Å². The molecule has 0 aromatic carbocycles. The highest BCUT2D eigenvalue weighted by Crippen LogP contribution is 2.96. The number of hydrogen-bond acceptors (Lipinski definition) is 0. The first kappa shape index (κ1) is 12.2. The minimum atomic E-state index is -0.543. The molecule has 0 saturated carbocycles. The lowest BCUT2D eigenvalue weighted by molar-refractivity contribution is 0.288. The van der Waals surface area contributed by atoms with Crippen molar-refractivity contribution in [3.63, 3.8) is 0 Å². The second-order valence-corrected chi connectivity index (χ2v) is 11.4. The van der Waals surface area contributed by atoms with Crippen LogP contribution in [0.15, 0.2) is 12.7 Å². The standard InChI is InChI=1S/C16H28P/c1-5-14(6-2)16-10-12(3)13(4)15-8-7-9-17(15,16)11-16/h5,12-15H,1,6-11H2,2-4H3/q+1. The van der Waals surface area contributed by atoms with Crippen LogP contribution in [0.25, 0.3) is 0 Å². The summed E-state index contributed by atoms with van der Waals surface area (Å²) in [4.78, 5) is 0. The molecular weight excluding hydrogens is 223 g/mol. The second kappa shape index (κ2) is 3.83. The van der Waals surface area contributed by atoms with Gasteiger partial charge in [-0.25, -0.2) is 0 Å². The van der Waals surface area contributed by atoms with Crippen LogP contribution in [0.4, 0.5) is 0 Å². The van der Waals surface area contributed by atoms with Gasteiger partial charge < -0.3 is 0 Å². The highest BCUT2D eigenvalue weighted by Gasteiger charge is 2.84. The van der Waals surface area contributed by atoms with Crippen molar-refractivity contribution in [3.05, 3.63) is 12.7 Å². The molecule has 0 nitrogen and oxygen atoms in total. The molecule has 1 heteroatoms. The molecule has 0 amide bonds. The summed E-state index contributed by atoms with van der Waals surface area (Å²) in [5.41, 5.74) is 1.15. The molecule has 0 bridgehead atoms. The summed E-state index contributed by atoms with van der Waals surface area (Å²) in [7, 11) is -0.543. The van der Waals surface area contributed by atoms with E-state index in [1.807, 2.05) is 0 Å². The fraction of sp³-hybridized carbons (Fsp3) is 0.875. The normalized spacial score (nSPS) is 53.7. The zero-order valence-corrected chi connectivity index (χ0v) is 12.7. The SMILES string of the molecule is C=CC(CC)C12CC(C)C(C)C3CCC[P+]31C2. The molecule has 0 radical (unpaired) electrons. The highest BCUT2D eigenvalue weighted by atomic mass is 31.2. The smallest absolute Gasteiger partial charge is 0.103 e. The zero-order valence-electron chi connectivity index (χ0n) is 11.8. The Hall–Kier alpha value is 0.170. The maximum absolute atomic E-state index is 4.15. The van der Waals surface area contributed by atoms with Crippen molar-refractivity contribution in [1.29, 1.82) is 0 Å². The molecule has 6 atom stereocenters. The third kappa shape index (κ3) is 1.34. The molecule has 3 saturated heterocycles. The minimum absolute atomic E-state index is 0.543. The first-order valence-corrected chi connectivity index (χ1v) is 9.83. The third-order valence-corrected chi connectivity index (χ3v) is 12.9. The molecule has 1 spiro atoms. The second-order valence-electron chi connectivity index (χ2n) is 7.02. The predicted molar refractivity (Wildman–Crippen MR) is 79.3 cm³/mol. The fourth-order valence-electron chi connectivity index (χ4n) is 5.64. The van der Waals surface area contributed by atoms with Crippen molar-refractivity contribution in [2.45, 2.75) is 57.3 Å². The summed E-state index contributed by atoms with van der Waals surface area (Å²) >= 11 is 0. The van der Waals surface area contributed by atoms with Crippen molar-refractivity contribution in [2.75, 3.05) is 12.3 Å². The minimum Gasteiger partial charge on any atom is -0.103 e. The van der Waals surface area contributed by atoms with Crippen LogP contribution < -0.4 is 0 Å². The van der Waals surface area contributed by atoms with Crippen LogP contribution in [0.5, 0.6) is 0 Å². The lowest BCUT2D eigenvalue weighted by atomic mass is 9.78. The third-order valence-electron chi connectivity index (χ3n) is 6.63. The number of allylic oxidation sites excluding steroid dienone is 1. The largest absolute Gasteiger partial charge is 0.120 e. The molecule has 3 rings (SSSR count). The molecular formula is C16H28P+. The Bertz CT molecular complexity index is 336. The van der Waals surface area contributed by atoms with E-state index in [4.69, 9.17) is 0 Å². The van der Waals surface area contributed by atoms with Gasteiger partial charge in [0, 0.05) is 13.2 Å². The average molecular weight is 251 g/mol. The van der Waals surface area contributed by atoms with Gasteiger partial charge in [0.1, 0.15) is 11.3 Å². The van der Waals surface area contributed by atoms with Crippen molar-refractivity contribution in [3.8, 4) is 0 Å². The van der Waals surface area contributed by atoms with Gasteiger partial charge in [0.2, 0.25) is 0 Å². The van der Waals surface area contributed by atoms with E-state index in [9.17, 15) is 0 Å². The van der Waals surface area contributed by atoms with Gasteiger partial charge in [-0.15, -0.1) is 6.58 Å². The van der Waals surface area contributed by atoms with Gasteiger partial charge >= 0.3 is 0 Å². The number of hydrogen-bond donors (Lipinski definition) is 0. The van der Waals surface area contributed by atoms with Crippen molar-refractivity contribution in [2.24, 2.45) is 17.8 Å². The fourth-order valence-corrected chi connectivity index (χ4v) is 13.5. The molecule has 3 aliphatic rings. The Morgan fingerprint density at radius 1 is 1.47 bits per heavy atom. The molecule has 17 heavy (non-hydrogen) atoms. The van der Waals surface area contributed by atoms with E-state index < -0.39 is 7.26 Å². The lowest BCUT2D eigenvalue weighted by Crippen LogP contribution is -2.36. The van der Waals surface area contributed by atoms with Gasteiger partial charge in [0.25, 0.3) is 0 Å². The van der Waals surface area contributed by atoms with Gasteiger partial charge in [-0.2, -0.15) is 0 Å². The van der Waals surface area contributed by atoms with E-state index in [1.165, 1.54) is 12.8 Å². The molecule has 6 unspecified atom stereocenters. The van der Waals surface area contributed by atoms with Gasteiger partial charge in [0.05, 0.1) is 11.8 Å². The molecule has 96 valence electrons. The van der Waals surface area contributed by atoms with Crippen LogP contribution >= 0.6 is 7.26 Å². The summed E-state index contributed by atoms with van der Waals surface area (Å²) in [5, 5.41) is 0.788. The Balaban J connectivity index is 1.96.